The molecule has 0 saturated heterocycles. The Kier molecular flexibility index (Phi) is 4.85. The fourth-order valence-electron chi connectivity index (χ4n) is 1.98. The third-order valence-electron chi connectivity index (χ3n) is 3.07. The summed E-state index contributed by atoms with van der Waals surface area (Å²) < 4.78 is 0. The van der Waals surface area contributed by atoms with Crippen molar-refractivity contribution < 1.29 is 9.90 Å². The molecule has 0 amide bonds. The van der Waals surface area contributed by atoms with Crippen molar-refractivity contribution in [2.24, 2.45) is 0 Å². The van der Waals surface area contributed by atoms with E-state index in [2.05, 4.69) is 0 Å². The van der Waals surface area contributed by atoms with Crippen LogP contribution in [0.4, 0.5) is 0 Å². The van der Waals surface area contributed by atoms with Gasteiger partial charge in [-0.1, -0.05) is 66.7 Å². The monoisotopic (exact) mass is 266 g/mol. The Balaban J connectivity index is 2.05. The van der Waals surface area contributed by atoms with Crippen molar-refractivity contribution in [3.05, 3.63) is 71.3 Å². The molecule has 2 aromatic rings. The van der Waals surface area contributed by atoms with Gasteiger partial charge in [-0.25, -0.2) is 0 Å². The van der Waals surface area contributed by atoms with Crippen LogP contribution in [0.5, 0.6) is 0 Å². The predicted molar refractivity (Wildman–Crippen MR) is 82.1 cm³/mol. The zero-order valence-electron chi connectivity index (χ0n) is 11.5. The molecule has 102 valence electrons. The molecule has 2 rings (SSSR count). The Morgan fingerprint density at radius 2 is 1.55 bits per heavy atom. The van der Waals surface area contributed by atoms with E-state index in [0.717, 1.165) is 16.7 Å². The molecule has 1 N–H and O–H groups in total. The third-order valence-corrected chi connectivity index (χ3v) is 3.07. The second-order valence-electron chi connectivity index (χ2n) is 4.83. The summed E-state index contributed by atoms with van der Waals surface area (Å²) in [6.07, 6.45) is 3.52. The molecule has 2 aromatic carbocycles. The molecular formula is C18H18O2. The topological polar surface area (TPSA) is 37.3 Å². The molecule has 20 heavy (non-hydrogen) atoms. The van der Waals surface area contributed by atoms with E-state index in [1.165, 1.54) is 6.92 Å². The molecule has 0 aromatic heterocycles. The van der Waals surface area contributed by atoms with Gasteiger partial charge in [-0.15, -0.1) is 0 Å². The van der Waals surface area contributed by atoms with E-state index in [0.29, 0.717) is 0 Å². The van der Waals surface area contributed by atoms with Gasteiger partial charge in [-0.3, -0.25) is 4.79 Å². The Labute approximate surface area is 119 Å². The van der Waals surface area contributed by atoms with Crippen LogP contribution in [-0.2, 0) is 4.79 Å². The smallest absolute Gasteiger partial charge is 0.132 e. The molecule has 0 spiro atoms. The molecule has 0 heterocycles. The number of rotatable bonds is 5. The van der Waals surface area contributed by atoms with Gasteiger partial charge in [0.15, 0.2) is 0 Å². The van der Waals surface area contributed by atoms with E-state index in [4.69, 9.17) is 0 Å². The summed E-state index contributed by atoms with van der Waals surface area (Å²) in [6.45, 7) is 1.49. The van der Waals surface area contributed by atoms with E-state index in [-0.39, 0.29) is 12.2 Å². The highest BCUT2D eigenvalue weighted by Crippen LogP contribution is 2.18. The Bertz CT molecular complexity index is 583. The average molecular weight is 266 g/mol. The number of aliphatic hydroxyl groups is 1. The summed E-state index contributed by atoms with van der Waals surface area (Å²) in [4.78, 5) is 11.0. The number of aliphatic hydroxyl groups excluding tert-OH is 1. The first-order valence-electron chi connectivity index (χ1n) is 6.66. The highest BCUT2D eigenvalue weighted by molar-refractivity contribution is 5.76. The van der Waals surface area contributed by atoms with Crippen LogP contribution in [-0.4, -0.2) is 10.9 Å². The van der Waals surface area contributed by atoms with Gasteiger partial charge in [0.2, 0.25) is 0 Å². The maximum atomic E-state index is 11.0. The van der Waals surface area contributed by atoms with Gasteiger partial charge >= 0.3 is 0 Å². The Hall–Kier alpha value is -2.19. The second-order valence-corrected chi connectivity index (χ2v) is 4.83. The first-order valence-corrected chi connectivity index (χ1v) is 6.66. The summed E-state index contributed by atoms with van der Waals surface area (Å²) in [6, 6.07) is 17.7. The zero-order valence-corrected chi connectivity index (χ0v) is 11.5. The lowest BCUT2D eigenvalue weighted by Crippen LogP contribution is -2.02. The largest absolute Gasteiger partial charge is 0.388 e. The minimum absolute atomic E-state index is 0.00875. The van der Waals surface area contributed by atoms with Crippen LogP contribution in [0.1, 0.15) is 36.1 Å². The van der Waals surface area contributed by atoms with Crippen molar-refractivity contribution in [1.29, 1.82) is 0 Å². The molecule has 1 unspecified atom stereocenters. The highest BCUT2D eigenvalue weighted by Gasteiger charge is 2.09. The Morgan fingerprint density at radius 1 is 1.00 bits per heavy atom. The van der Waals surface area contributed by atoms with Crippen molar-refractivity contribution in [1.82, 2.24) is 0 Å². The van der Waals surface area contributed by atoms with Gasteiger partial charge in [-0.05, 0) is 23.6 Å². The van der Waals surface area contributed by atoms with Crippen LogP contribution in [0.3, 0.4) is 0 Å². The molecule has 0 aliphatic heterocycles. The second kappa shape index (κ2) is 6.83. The summed E-state index contributed by atoms with van der Waals surface area (Å²) in [5.74, 6) is -0.00875. The number of hydrogen-bond donors (Lipinski definition) is 1. The number of ketones is 1. The van der Waals surface area contributed by atoms with E-state index in [9.17, 15) is 9.90 Å². The van der Waals surface area contributed by atoms with Crippen LogP contribution in [0.15, 0.2) is 54.6 Å². The molecule has 0 fully saturated rings. The molecule has 1 atom stereocenters. The van der Waals surface area contributed by atoms with Crippen LogP contribution < -0.4 is 0 Å². The number of carbonyl (C=O) groups excluding carboxylic acids is 1. The fraction of sp³-hybridized carbons (Fsp3) is 0.167. The van der Waals surface area contributed by atoms with Crippen molar-refractivity contribution in [2.75, 3.05) is 0 Å². The van der Waals surface area contributed by atoms with Crippen molar-refractivity contribution >= 4 is 17.9 Å². The summed E-state index contributed by atoms with van der Waals surface area (Å²) >= 11 is 0. The summed E-state index contributed by atoms with van der Waals surface area (Å²) in [5, 5.41) is 9.85. The molecule has 2 heteroatoms. The van der Waals surface area contributed by atoms with Gasteiger partial charge in [0.1, 0.15) is 5.78 Å². The van der Waals surface area contributed by atoms with Crippen molar-refractivity contribution in [3.63, 3.8) is 0 Å². The zero-order chi connectivity index (χ0) is 14.4. The minimum atomic E-state index is -0.709. The maximum Gasteiger partial charge on any atom is 0.132 e. The van der Waals surface area contributed by atoms with Gasteiger partial charge in [0, 0.05) is 6.42 Å². The molecule has 0 radical (unpaired) electrons. The molecule has 0 saturated carbocycles. The molecule has 2 nitrogen and oxygen atoms in total. The van der Waals surface area contributed by atoms with Gasteiger partial charge < -0.3 is 5.11 Å². The van der Waals surface area contributed by atoms with Crippen LogP contribution in [0, 0.1) is 0 Å². The first-order chi connectivity index (χ1) is 9.65. The van der Waals surface area contributed by atoms with Gasteiger partial charge in [0.25, 0.3) is 0 Å². The average Bonchev–Trinajstić information content (AvgIpc) is 2.46. The standard InChI is InChI=1S/C18H18O2/c1-14(19)13-18(20)17-11-9-16(10-12-17)8-7-15-5-3-2-4-6-15/h2-12,18,20H,13H2,1H3/b8-7+. The lowest BCUT2D eigenvalue weighted by atomic mass is 10.0. The number of hydrogen-bond acceptors (Lipinski definition) is 2. The molecule has 0 bridgehead atoms. The van der Waals surface area contributed by atoms with E-state index < -0.39 is 6.10 Å². The number of Topliss-reactive ketones (excluding diaryl/α,β-unsaturated/α-hetero) is 1. The van der Waals surface area contributed by atoms with Crippen LogP contribution >= 0.6 is 0 Å². The Morgan fingerprint density at radius 3 is 2.10 bits per heavy atom. The molecular weight excluding hydrogens is 248 g/mol. The lowest BCUT2D eigenvalue weighted by molar-refractivity contribution is -0.118. The first kappa shape index (κ1) is 14.2. The molecule has 0 aliphatic rings. The summed E-state index contributed by atoms with van der Waals surface area (Å²) in [5.41, 5.74) is 2.98. The van der Waals surface area contributed by atoms with E-state index in [1.807, 2.05) is 66.7 Å². The predicted octanol–water partition coefficient (Wildman–Crippen LogP) is 3.87. The van der Waals surface area contributed by atoms with Crippen molar-refractivity contribution in [3.8, 4) is 0 Å². The van der Waals surface area contributed by atoms with E-state index in [1.54, 1.807) is 0 Å². The minimum Gasteiger partial charge on any atom is -0.388 e. The number of carbonyl (C=O) groups is 1. The van der Waals surface area contributed by atoms with Gasteiger partial charge in [-0.2, -0.15) is 0 Å². The van der Waals surface area contributed by atoms with Crippen LogP contribution in [0.25, 0.3) is 12.2 Å². The quantitative estimate of drug-likeness (QED) is 0.834. The van der Waals surface area contributed by atoms with Crippen molar-refractivity contribution in [2.45, 2.75) is 19.4 Å². The normalized spacial score (nSPS) is 12.5. The number of benzene rings is 2. The maximum absolute atomic E-state index is 11.0. The van der Waals surface area contributed by atoms with Gasteiger partial charge in [0.05, 0.1) is 6.10 Å². The summed E-state index contributed by atoms with van der Waals surface area (Å²) in [7, 11) is 0. The fourth-order valence-corrected chi connectivity index (χ4v) is 1.98. The van der Waals surface area contributed by atoms with Crippen LogP contribution in [0.2, 0.25) is 0 Å². The van der Waals surface area contributed by atoms with E-state index >= 15 is 0 Å². The highest BCUT2D eigenvalue weighted by atomic mass is 16.3. The SMILES string of the molecule is CC(=O)CC(O)c1ccc(/C=C/c2ccccc2)cc1. The third kappa shape index (κ3) is 4.18. The molecule has 0 aliphatic carbocycles. The lowest BCUT2D eigenvalue weighted by Gasteiger charge is -2.08.